The van der Waals surface area contributed by atoms with Gasteiger partial charge >= 0.3 is 0 Å². The highest BCUT2D eigenvalue weighted by Crippen LogP contribution is 2.24. The quantitative estimate of drug-likeness (QED) is 0.786. The first-order valence-corrected chi connectivity index (χ1v) is 7.69. The van der Waals surface area contributed by atoms with Crippen molar-refractivity contribution >= 4 is 11.5 Å². The van der Waals surface area contributed by atoms with Crippen molar-refractivity contribution in [1.29, 1.82) is 0 Å². The number of hydrogen-bond donors (Lipinski definition) is 1. The third-order valence-corrected chi connectivity index (χ3v) is 3.92. The molecule has 3 aromatic heterocycles. The Morgan fingerprint density at radius 3 is 2.59 bits per heavy atom. The molecule has 0 bridgehead atoms. The molecule has 6 heteroatoms. The Morgan fingerprint density at radius 1 is 1.18 bits per heavy atom. The summed E-state index contributed by atoms with van der Waals surface area (Å²) in [4.78, 5) is 4.65. The molecule has 3 heterocycles. The fourth-order valence-corrected chi connectivity index (χ4v) is 2.62. The van der Waals surface area contributed by atoms with Crippen LogP contribution in [-0.4, -0.2) is 24.4 Å². The Labute approximate surface area is 130 Å². The summed E-state index contributed by atoms with van der Waals surface area (Å²) in [6, 6.07) is 6.25. The maximum absolute atomic E-state index is 4.65. The van der Waals surface area contributed by atoms with Gasteiger partial charge in [0.1, 0.15) is 5.82 Å². The first-order chi connectivity index (χ1) is 10.6. The molecule has 3 aromatic rings. The minimum absolute atomic E-state index is 0.183. The molecule has 0 spiro atoms. The van der Waals surface area contributed by atoms with Crippen molar-refractivity contribution in [2.75, 3.05) is 5.32 Å². The van der Waals surface area contributed by atoms with Gasteiger partial charge in [0.15, 0.2) is 5.65 Å². The van der Waals surface area contributed by atoms with Crippen molar-refractivity contribution in [3.05, 3.63) is 42.0 Å². The van der Waals surface area contributed by atoms with E-state index in [1.54, 1.807) is 6.20 Å². The van der Waals surface area contributed by atoms with E-state index in [-0.39, 0.29) is 6.04 Å². The summed E-state index contributed by atoms with van der Waals surface area (Å²) in [6.45, 7) is 6.46. The van der Waals surface area contributed by atoms with E-state index in [0.29, 0.717) is 5.92 Å². The van der Waals surface area contributed by atoms with Gasteiger partial charge in [0.05, 0.1) is 17.9 Å². The molecule has 0 radical (unpaired) electrons. The fourth-order valence-electron chi connectivity index (χ4n) is 2.62. The molecule has 0 aromatic carbocycles. The highest BCUT2D eigenvalue weighted by molar-refractivity contribution is 5.50. The predicted molar refractivity (Wildman–Crippen MR) is 86.9 cm³/mol. The van der Waals surface area contributed by atoms with E-state index in [0.717, 1.165) is 29.3 Å². The molecular weight excluding hydrogens is 276 g/mol. The normalized spacial score (nSPS) is 13.0. The van der Waals surface area contributed by atoms with Crippen LogP contribution in [0.25, 0.3) is 5.65 Å². The van der Waals surface area contributed by atoms with Crippen LogP contribution in [-0.2, 0) is 7.05 Å². The van der Waals surface area contributed by atoms with Crippen LogP contribution in [0.2, 0.25) is 0 Å². The Balaban J connectivity index is 2.01. The topological polar surface area (TPSA) is 60.0 Å². The Kier molecular flexibility index (Phi) is 3.83. The number of nitrogens with one attached hydrogen (secondary N) is 1. The van der Waals surface area contributed by atoms with E-state index in [9.17, 15) is 0 Å². The highest BCUT2D eigenvalue weighted by Gasteiger charge is 2.16. The molecule has 1 N–H and O–H groups in total. The van der Waals surface area contributed by atoms with Gasteiger partial charge in [-0.1, -0.05) is 20.8 Å². The predicted octanol–water partition coefficient (Wildman–Crippen LogP) is 3.15. The van der Waals surface area contributed by atoms with Gasteiger partial charge in [0.2, 0.25) is 0 Å². The zero-order valence-electron chi connectivity index (χ0n) is 13.5. The molecule has 0 amide bonds. The summed E-state index contributed by atoms with van der Waals surface area (Å²) in [7, 11) is 1.97. The van der Waals surface area contributed by atoms with Gasteiger partial charge in [-0.05, 0) is 18.4 Å². The second-order valence-corrected chi connectivity index (χ2v) is 5.81. The third kappa shape index (κ3) is 2.56. The van der Waals surface area contributed by atoms with Crippen molar-refractivity contribution in [2.24, 2.45) is 7.05 Å². The standard InChI is InChI=1S/C16H22N6/c1-5-12(14-6-8-17-21(14)4)19-16-10-13(11(2)3)20-15-7-9-18-22(15)16/h6-12,19H,5H2,1-4H3/t12-/m1/s1. The van der Waals surface area contributed by atoms with Gasteiger partial charge < -0.3 is 5.32 Å². The summed E-state index contributed by atoms with van der Waals surface area (Å²) < 4.78 is 3.76. The molecule has 22 heavy (non-hydrogen) atoms. The lowest BCUT2D eigenvalue weighted by Gasteiger charge is -2.20. The summed E-state index contributed by atoms with van der Waals surface area (Å²) in [6.07, 6.45) is 4.57. The zero-order valence-corrected chi connectivity index (χ0v) is 13.5. The lowest BCUT2D eigenvalue weighted by molar-refractivity contribution is 0.629. The minimum atomic E-state index is 0.183. The van der Waals surface area contributed by atoms with Crippen LogP contribution in [0.1, 0.15) is 50.5 Å². The zero-order chi connectivity index (χ0) is 15.7. The molecule has 0 fully saturated rings. The Bertz CT molecular complexity index is 770. The third-order valence-electron chi connectivity index (χ3n) is 3.92. The summed E-state index contributed by atoms with van der Waals surface area (Å²) in [5.74, 6) is 1.34. The lowest BCUT2D eigenvalue weighted by Crippen LogP contribution is -2.16. The van der Waals surface area contributed by atoms with Crippen molar-refractivity contribution in [1.82, 2.24) is 24.4 Å². The SMILES string of the molecule is CC[C@@H](Nc1cc(C(C)C)nc2ccnn12)c1ccnn1C. The Hall–Kier alpha value is -2.37. The summed E-state index contributed by atoms with van der Waals surface area (Å²) >= 11 is 0. The van der Waals surface area contributed by atoms with E-state index in [2.05, 4.69) is 47.3 Å². The molecule has 0 saturated carbocycles. The van der Waals surface area contributed by atoms with Gasteiger partial charge in [0, 0.05) is 31.1 Å². The monoisotopic (exact) mass is 298 g/mol. The van der Waals surface area contributed by atoms with E-state index < -0.39 is 0 Å². The van der Waals surface area contributed by atoms with Crippen molar-refractivity contribution in [3.63, 3.8) is 0 Å². The fraction of sp³-hybridized carbons (Fsp3) is 0.438. The molecule has 3 rings (SSSR count). The number of anilines is 1. The number of fused-ring (bicyclic) bond motifs is 1. The number of hydrogen-bond acceptors (Lipinski definition) is 4. The maximum Gasteiger partial charge on any atom is 0.157 e. The van der Waals surface area contributed by atoms with Gasteiger partial charge in [0.25, 0.3) is 0 Å². The molecule has 0 aliphatic carbocycles. The van der Waals surface area contributed by atoms with E-state index in [1.165, 1.54) is 0 Å². The van der Waals surface area contributed by atoms with E-state index in [1.807, 2.05) is 34.6 Å². The van der Waals surface area contributed by atoms with Crippen molar-refractivity contribution < 1.29 is 0 Å². The smallest absolute Gasteiger partial charge is 0.157 e. The van der Waals surface area contributed by atoms with Gasteiger partial charge in [-0.2, -0.15) is 14.7 Å². The first-order valence-electron chi connectivity index (χ1n) is 7.69. The van der Waals surface area contributed by atoms with Gasteiger partial charge in [-0.15, -0.1) is 0 Å². The largest absolute Gasteiger partial charge is 0.362 e. The lowest BCUT2D eigenvalue weighted by atomic mass is 10.1. The van der Waals surface area contributed by atoms with Crippen molar-refractivity contribution in [2.45, 2.75) is 39.2 Å². The summed E-state index contributed by atoms with van der Waals surface area (Å²) in [5.41, 5.74) is 3.09. The van der Waals surface area contributed by atoms with Crippen LogP contribution in [0.5, 0.6) is 0 Å². The number of aryl methyl sites for hydroxylation is 1. The average Bonchev–Trinajstić information content (AvgIpc) is 3.13. The number of aromatic nitrogens is 5. The summed E-state index contributed by atoms with van der Waals surface area (Å²) in [5, 5.41) is 12.2. The second-order valence-electron chi connectivity index (χ2n) is 5.81. The van der Waals surface area contributed by atoms with Crippen LogP contribution in [0.4, 0.5) is 5.82 Å². The Morgan fingerprint density at radius 2 is 1.95 bits per heavy atom. The minimum Gasteiger partial charge on any atom is -0.362 e. The molecule has 0 saturated heterocycles. The number of nitrogens with zero attached hydrogens (tertiary/aromatic N) is 5. The molecule has 0 aliphatic heterocycles. The maximum atomic E-state index is 4.65. The first kappa shape index (κ1) is 14.6. The van der Waals surface area contributed by atoms with Crippen LogP contribution in [0.15, 0.2) is 30.6 Å². The van der Waals surface area contributed by atoms with Crippen LogP contribution >= 0.6 is 0 Å². The van der Waals surface area contributed by atoms with Crippen LogP contribution in [0, 0.1) is 0 Å². The molecule has 1 atom stereocenters. The molecule has 0 aliphatic rings. The van der Waals surface area contributed by atoms with Gasteiger partial charge in [-0.3, -0.25) is 4.68 Å². The molecular formula is C16H22N6. The van der Waals surface area contributed by atoms with E-state index in [4.69, 9.17) is 0 Å². The van der Waals surface area contributed by atoms with Crippen molar-refractivity contribution in [3.8, 4) is 0 Å². The second kappa shape index (κ2) is 5.79. The highest BCUT2D eigenvalue weighted by atomic mass is 15.3. The molecule has 6 nitrogen and oxygen atoms in total. The molecule has 116 valence electrons. The van der Waals surface area contributed by atoms with Crippen LogP contribution < -0.4 is 5.32 Å². The number of rotatable bonds is 5. The van der Waals surface area contributed by atoms with E-state index >= 15 is 0 Å². The molecule has 0 unspecified atom stereocenters. The van der Waals surface area contributed by atoms with Crippen LogP contribution in [0.3, 0.4) is 0 Å². The average molecular weight is 298 g/mol. The van der Waals surface area contributed by atoms with Gasteiger partial charge in [-0.25, -0.2) is 4.98 Å².